The van der Waals surface area contributed by atoms with Gasteiger partial charge in [-0.1, -0.05) is 17.7 Å². The van der Waals surface area contributed by atoms with Crippen molar-refractivity contribution in [3.8, 4) is 0 Å². The first-order chi connectivity index (χ1) is 7.56. The van der Waals surface area contributed by atoms with Crippen molar-refractivity contribution in [2.45, 2.75) is 27.2 Å². The molecule has 0 amide bonds. The molecule has 0 saturated heterocycles. The average Bonchev–Trinajstić information content (AvgIpc) is 2.58. The van der Waals surface area contributed by atoms with Gasteiger partial charge in [0.25, 0.3) is 6.01 Å². The molecule has 0 aliphatic heterocycles. The van der Waals surface area contributed by atoms with Crippen molar-refractivity contribution in [3.63, 3.8) is 0 Å². The minimum Gasteiger partial charge on any atom is -0.432 e. The smallest absolute Gasteiger partial charge is 0.292 e. The zero-order valence-electron chi connectivity index (χ0n) is 9.87. The topological polar surface area (TPSA) is 52.0 Å². The third-order valence-electron chi connectivity index (χ3n) is 2.77. The number of anilines is 1. The van der Waals surface area contributed by atoms with Gasteiger partial charge in [0.1, 0.15) is 6.26 Å². The Morgan fingerprint density at radius 3 is 2.31 bits per heavy atom. The number of nitrogens with zero attached hydrogens (tertiary/aromatic N) is 1. The van der Waals surface area contributed by atoms with Crippen molar-refractivity contribution in [2.75, 3.05) is 5.73 Å². The number of aryl methyl sites for hydroxylation is 3. The highest BCUT2D eigenvalue weighted by Gasteiger charge is 2.07. The minimum absolute atomic E-state index is 0.234. The Labute approximate surface area is 95.3 Å². The predicted molar refractivity (Wildman–Crippen MR) is 64.4 cm³/mol. The lowest BCUT2D eigenvalue weighted by molar-refractivity contribution is 0.579. The molecule has 0 saturated carbocycles. The van der Waals surface area contributed by atoms with Crippen LogP contribution in [0.4, 0.5) is 6.01 Å². The van der Waals surface area contributed by atoms with Crippen molar-refractivity contribution in [3.05, 3.63) is 46.3 Å². The monoisotopic (exact) mass is 216 g/mol. The van der Waals surface area contributed by atoms with E-state index in [1.54, 1.807) is 6.26 Å². The Balaban J connectivity index is 2.34. The number of aromatic nitrogens is 1. The van der Waals surface area contributed by atoms with Gasteiger partial charge in [-0.25, -0.2) is 0 Å². The molecule has 1 heterocycles. The first-order valence-electron chi connectivity index (χ1n) is 5.33. The average molecular weight is 216 g/mol. The molecule has 3 heteroatoms. The summed E-state index contributed by atoms with van der Waals surface area (Å²) in [5, 5.41) is 0. The molecular weight excluding hydrogens is 200 g/mol. The molecule has 84 valence electrons. The number of nitrogen functional groups attached to an aromatic ring is 1. The molecular formula is C13H16N2O. The van der Waals surface area contributed by atoms with Crippen LogP contribution in [-0.2, 0) is 6.42 Å². The Morgan fingerprint density at radius 1 is 1.19 bits per heavy atom. The van der Waals surface area contributed by atoms with Crippen molar-refractivity contribution < 1.29 is 4.42 Å². The molecule has 2 rings (SSSR count). The van der Waals surface area contributed by atoms with E-state index >= 15 is 0 Å². The van der Waals surface area contributed by atoms with Gasteiger partial charge < -0.3 is 10.2 Å². The first-order valence-corrected chi connectivity index (χ1v) is 5.33. The van der Waals surface area contributed by atoms with Gasteiger partial charge in [-0.2, -0.15) is 4.98 Å². The summed E-state index contributed by atoms with van der Waals surface area (Å²) >= 11 is 0. The Morgan fingerprint density at radius 2 is 1.81 bits per heavy atom. The van der Waals surface area contributed by atoms with E-state index in [9.17, 15) is 0 Å². The van der Waals surface area contributed by atoms with Crippen molar-refractivity contribution in [1.29, 1.82) is 0 Å². The Bertz CT molecular complexity index is 491. The number of rotatable bonds is 2. The summed E-state index contributed by atoms with van der Waals surface area (Å²) in [5.74, 6) is 0. The largest absolute Gasteiger partial charge is 0.432 e. The Hall–Kier alpha value is -1.77. The van der Waals surface area contributed by atoms with E-state index in [0.717, 1.165) is 12.1 Å². The second kappa shape index (κ2) is 4.00. The lowest BCUT2D eigenvalue weighted by atomic mass is 9.96. The molecule has 0 atom stereocenters. The van der Waals surface area contributed by atoms with E-state index < -0.39 is 0 Å². The molecule has 0 fully saturated rings. The van der Waals surface area contributed by atoms with Crippen LogP contribution >= 0.6 is 0 Å². The van der Waals surface area contributed by atoms with Gasteiger partial charge >= 0.3 is 0 Å². The number of oxazole rings is 1. The molecule has 2 aromatic rings. The molecule has 0 radical (unpaired) electrons. The van der Waals surface area contributed by atoms with Crippen LogP contribution in [0.25, 0.3) is 0 Å². The van der Waals surface area contributed by atoms with Gasteiger partial charge in [0.2, 0.25) is 0 Å². The number of benzene rings is 1. The molecule has 0 spiro atoms. The van der Waals surface area contributed by atoms with Crippen LogP contribution in [-0.4, -0.2) is 4.98 Å². The van der Waals surface area contributed by atoms with E-state index in [2.05, 4.69) is 37.9 Å². The fourth-order valence-electron chi connectivity index (χ4n) is 2.07. The van der Waals surface area contributed by atoms with Gasteiger partial charge in [-0.15, -0.1) is 0 Å². The summed E-state index contributed by atoms with van der Waals surface area (Å²) in [7, 11) is 0. The van der Waals surface area contributed by atoms with Crippen LogP contribution in [0.5, 0.6) is 0 Å². The van der Waals surface area contributed by atoms with Gasteiger partial charge in [-0.05, 0) is 37.5 Å². The number of nitrogens with two attached hydrogens (primary N) is 1. The maximum absolute atomic E-state index is 5.45. The summed E-state index contributed by atoms with van der Waals surface area (Å²) in [6.45, 7) is 6.36. The zero-order chi connectivity index (χ0) is 11.7. The molecule has 0 aliphatic rings. The van der Waals surface area contributed by atoms with Crippen molar-refractivity contribution in [1.82, 2.24) is 4.98 Å². The normalized spacial score (nSPS) is 10.7. The minimum atomic E-state index is 0.234. The van der Waals surface area contributed by atoms with Crippen LogP contribution in [0.15, 0.2) is 22.8 Å². The van der Waals surface area contributed by atoms with E-state index in [4.69, 9.17) is 10.2 Å². The Kier molecular flexibility index (Phi) is 2.69. The first kappa shape index (κ1) is 10.7. The molecule has 0 bridgehead atoms. The van der Waals surface area contributed by atoms with E-state index in [1.807, 2.05) is 0 Å². The summed E-state index contributed by atoms with van der Waals surface area (Å²) in [6, 6.07) is 4.61. The highest BCUT2D eigenvalue weighted by molar-refractivity contribution is 5.39. The lowest BCUT2D eigenvalue weighted by Crippen LogP contribution is -1.97. The van der Waals surface area contributed by atoms with Crippen LogP contribution in [0.3, 0.4) is 0 Å². The summed E-state index contributed by atoms with van der Waals surface area (Å²) in [5.41, 5.74) is 11.5. The highest BCUT2D eigenvalue weighted by atomic mass is 16.4. The molecule has 1 aromatic heterocycles. The van der Waals surface area contributed by atoms with Crippen LogP contribution < -0.4 is 5.73 Å². The van der Waals surface area contributed by atoms with E-state index in [-0.39, 0.29) is 6.01 Å². The van der Waals surface area contributed by atoms with Gasteiger partial charge in [0, 0.05) is 6.42 Å². The molecule has 0 aliphatic carbocycles. The fourth-order valence-corrected chi connectivity index (χ4v) is 2.07. The standard InChI is InChI=1S/C13H16N2O/c1-8-4-9(2)12(10(3)5-8)6-11-7-16-13(14)15-11/h4-5,7H,6H2,1-3H3,(H2,14,15). The number of hydrogen-bond acceptors (Lipinski definition) is 3. The molecule has 0 unspecified atom stereocenters. The second-order valence-electron chi connectivity index (χ2n) is 4.23. The number of hydrogen-bond donors (Lipinski definition) is 1. The van der Waals surface area contributed by atoms with Crippen LogP contribution in [0.1, 0.15) is 27.9 Å². The van der Waals surface area contributed by atoms with Gasteiger partial charge in [0.15, 0.2) is 0 Å². The maximum Gasteiger partial charge on any atom is 0.292 e. The van der Waals surface area contributed by atoms with Crippen LogP contribution in [0.2, 0.25) is 0 Å². The SMILES string of the molecule is Cc1cc(C)c(Cc2coc(N)n2)c(C)c1. The van der Waals surface area contributed by atoms with E-state index in [0.29, 0.717) is 0 Å². The van der Waals surface area contributed by atoms with Crippen molar-refractivity contribution >= 4 is 6.01 Å². The fraction of sp³-hybridized carbons (Fsp3) is 0.308. The highest BCUT2D eigenvalue weighted by Crippen LogP contribution is 2.20. The second-order valence-corrected chi connectivity index (χ2v) is 4.23. The third kappa shape index (κ3) is 2.08. The summed E-state index contributed by atoms with van der Waals surface area (Å²) < 4.78 is 5.01. The molecule has 3 nitrogen and oxygen atoms in total. The molecule has 2 N–H and O–H groups in total. The summed E-state index contributed by atoms with van der Waals surface area (Å²) in [6.07, 6.45) is 2.40. The van der Waals surface area contributed by atoms with Gasteiger partial charge in [0.05, 0.1) is 5.69 Å². The predicted octanol–water partition coefficient (Wildman–Crippen LogP) is 2.77. The van der Waals surface area contributed by atoms with E-state index in [1.165, 1.54) is 22.3 Å². The van der Waals surface area contributed by atoms with Crippen LogP contribution in [0, 0.1) is 20.8 Å². The summed E-state index contributed by atoms with van der Waals surface area (Å²) in [4.78, 5) is 4.12. The maximum atomic E-state index is 5.45. The molecule has 1 aromatic carbocycles. The molecule has 16 heavy (non-hydrogen) atoms. The zero-order valence-corrected chi connectivity index (χ0v) is 9.87. The van der Waals surface area contributed by atoms with Gasteiger partial charge in [-0.3, -0.25) is 0 Å². The quantitative estimate of drug-likeness (QED) is 0.839. The lowest BCUT2D eigenvalue weighted by Gasteiger charge is -2.09. The van der Waals surface area contributed by atoms with Crippen molar-refractivity contribution in [2.24, 2.45) is 0 Å². The third-order valence-corrected chi connectivity index (χ3v) is 2.77.